The summed E-state index contributed by atoms with van der Waals surface area (Å²) in [6, 6.07) is 2.57. The number of aromatic nitrogens is 5. The largest absolute Gasteiger partial charge is 0.477 e. The molecule has 0 N–H and O–H groups in total. The second-order valence-electron chi connectivity index (χ2n) is 7.27. The lowest BCUT2D eigenvalue weighted by Gasteiger charge is -2.19. The van der Waals surface area contributed by atoms with E-state index in [0.29, 0.717) is 61.1 Å². The second kappa shape index (κ2) is 9.07. The van der Waals surface area contributed by atoms with E-state index in [9.17, 15) is 13.2 Å². The Kier molecular flexibility index (Phi) is 6.38. The van der Waals surface area contributed by atoms with Crippen LogP contribution >= 0.6 is 11.6 Å². The Bertz CT molecular complexity index is 1110. The number of anilines is 1. The number of hydrogen-bond acceptors (Lipinski definition) is 7. The summed E-state index contributed by atoms with van der Waals surface area (Å²) in [5.74, 6) is 1.02. The highest BCUT2D eigenvalue weighted by Crippen LogP contribution is 2.36. The molecule has 32 heavy (non-hydrogen) atoms. The van der Waals surface area contributed by atoms with Gasteiger partial charge in [0.15, 0.2) is 11.5 Å². The molecule has 0 spiro atoms. The van der Waals surface area contributed by atoms with Gasteiger partial charge in [0, 0.05) is 31.3 Å². The van der Waals surface area contributed by atoms with Crippen LogP contribution in [0, 0.1) is 0 Å². The van der Waals surface area contributed by atoms with Crippen LogP contribution in [0.25, 0.3) is 5.65 Å². The van der Waals surface area contributed by atoms with Crippen molar-refractivity contribution in [2.45, 2.75) is 39.0 Å². The summed E-state index contributed by atoms with van der Waals surface area (Å²) in [6.45, 7) is 5.68. The van der Waals surface area contributed by atoms with Crippen LogP contribution in [0.1, 0.15) is 43.3 Å². The molecular weight excluding hydrogens is 449 g/mol. The average molecular weight is 471 g/mol. The molecule has 1 aliphatic heterocycles. The fraction of sp³-hybridized carbons (Fsp3) is 0.500. The quantitative estimate of drug-likeness (QED) is 0.514. The Morgan fingerprint density at radius 3 is 2.72 bits per heavy atom. The van der Waals surface area contributed by atoms with E-state index in [0.717, 1.165) is 6.07 Å². The first-order valence-electron chi connectivity index (χ1n) is 10.3. The van der Waals surface area contributed by atoms with E-state index in [1.54, 1.807) is 0 Å². The standard InChI is InChI=1S/C20H22ClF3N6O2/c1-3-31-11-16-27-28-17-13(20(22,23)24)5-6-15(30(16)17)12-7-8-29(10-12)19-25-9-14(21)18(26-19)32-4-2/h5-6,9,12H,3-4,7-8,10-11H2,1-2H3/t12-/m1/s1. The van der Waals surface area contributed by atoms with Crippen molar-refractivity contribution in [3.05, 3.63) is 40.4 Å². The van der Waals surface area contributed by atoms with Crippen LogP contribution in [-0.4, -0.2) is 50.9 Å². The van der Waals surface area contributed by atoms with Crippen LogP contribution in [0.4, 0.5) is 19.1 Å². The molecule has 0 amide bonds. The van der Waals surface area contributed by atoms with Gasteiger partial charge in [0.2, 0.25) is 11.8 Å². The first-order valence-corrected chi connectivity index (χ1v) is 10.6. The number of nitrogens with zero attached hydrogens (tertiary/aromatic N) is 6. The molecule has 1 saturated heterocycles. The van der Waals surface area contributed by atoms with Gasteiger partial charge in [-0.25, -0.2) is 4.98 Å². The van der Waals surface area contributed by atoms with Crippen molar-refractivity contribution in [3.63, 3.8) is 0 Å². The molecule has 0 aromatic carbocycles. The lowest BCUT2D eigenvalue weighted by Crippen LogP contribution is -2.22. The first kappa shape index (κ1) is 22.5. The third-order valence-corrected chi connectivity index (χ3v) is 5.52. The SMILES string of the molecule is CCOCc1nnc2c(C(F)(F)F)ccc([C@@H]3CCN(c4ncc(Cl)c(OCC)n4)C3)n12. The summed E-state index contributed by atoms with van der Waals surface area (Å²) in [5.41, 5.74) is -0.354. The Balaban J connectivity index is 1.68. The summed E-state index contributed by atoms with van der Waals surface area (Å²) in [4.78, 5) is 10.6. The molecule has 1 fully saturated rings. The first-order chi connectivity index (χ1) is 15.3. The van der Waals surface area contributed by atoms with Crippen LogP contribution in [0.3, 0.4) is 0 Å². The highest BCUT2D eigenvalue weighted by atomic mass is 35.5. The molecule has 0 saturated carbocycles. The summed E-state index contributed by atoms with van der Waals surface area (Å²) < 4.78 is 53.0. The van der Waals surface area contributed by atoms with Crippen LogP contribution in [0.5, 0.6) is 5.88 Å². The van der Waals surface area contributed by atoms with Gasteiger partial charge in [-0.2, -0.15) is 18.2 Å². The molecule has 12 heteroatoms. The number of pyridine rings is 1. The highest BCUT2D eigenvalue weighted by Gasteiger charge is 2.36. The van der Waals surface area contributed by atoms with Crippen LogP contribution in [-0.2, 0) is 17.5 Å². The van der Waals surface area contributed by atoms with Crippen molar-refractivity contribution in [2.24, 2.45) is 0 Å². The zero-order valence-corrected chi connectivity index (χ0v) is 18.3. The molecule has 4 rings (SSSR count). The van der Waals surface area contributed by atoms with Crippen molar-refractivity contribution >= 4 is 23.2 Å². The third kappa shape index (κ3) is 4.31. The Labute approximate surface area is 187 Å². The smallest absolute Gasteiger partial charge is 0.420 e. The number of rotatable bonds is 7. The summed E-state index contributed by atoms with van der Waals surface area (Å²) in [7, 11) is 0. The minimum atomic E-state index is -4.54. The van der Waals surface area contributed by atoms with E-state index >= 15 is 0 Å². The van der Waals surface area contributed by atoms with E-state index in [1.807, 2.05) is 18.7 Å². The van der Waals surface area contributed by atoms with Crippen molar-refractivity contribution < 1.29 is 22.6 Å². The van der Waals surface area contributed by atoms with Gasteiger partial charge in [0.05, 0.1) is 12.8 Å². The summed E-state index contributed by atoms with van der Waals surface area (Å²) in [6.07, 6.45) is -2.36. The zero-order valence-electron chi connectivity index (χ0n) is 17.6. The molecule has 0 unspecified atom stereocenters. The zero-order chi connectivity index (χ0) is 22.9. The van der Waals surface area contributed by atoms with Gasteiger partial charge in [-0.15, -0.1) is 10.2 Å². The number of hydrogen-bond donors (Lipinski definition) is 0. The molecule has 172 valence electrons. The van der Waals surface area contributed by atoms with E-state index < -0.39 is 11.7 Å². The third-order valence-electron chi connectivity index (χ3n) is 5.26. The summed E-state index contributed by atoms with van der Waals surface area (Å²) >= 11 is 6.08. The molecule has 4 heterocycles. The van der Waals surface area contributed by atoms with Crippen LogP contribution in [0.2, 0.25) is 5.02 Å². The van der Waals surface area contributed by atoms with Gasteiger partial charge in [-0.3, -0.25) is 4.40 Å². The molecule has 3 aromatic rings. The van der Waals surface area contributed by atoms with Gasteiger partial charge < -0.3 is 14.4 Å². The van der Waals surface area contributed by atoms with Crippen molar-refractivity contribution in [3.8, 4) is 5.88 Å². The monoisotopic (exact) mass is 470 g/mol. The fourth-order valence-corrected chi connectivity index (χ4v) is 3.97. The predicted octanol–water partition coefficient (Wildman–Crippen LogP) is 4.12. The number of fused-ring (bicyclic) bond motifs is 1. The highest BCUT2D eigenvalue weighted by molar-refractivity contribution is 6.31. The second-order valence-corrected chi connectivity index (χ2v) is 7.68. The molecule has 1 aliphatic rings. The van der Waals surface area contributed by atoms with Gasteiger partial charge in [-0.1, -0.05) is 11.6 Å². The Morgan fingerprint density at radius 1 is 1.19 bits per heavy atom. The lowest BCUT2D eigenvalue weighted by molar-refractivity contribution is -0.136. The fourth-order valence-electron chi connectivity index (χ4n) is 3.82. The molecule has 8 nitrogen and oxygen atoms in total. The van der Waals surface area contributed by atoms with E-state index in [-0.39, 0.29) is 18.2 Å². The lowest BCUT2D eigenvalue weighted by atomic mass is 10.0. The molecule has 3 aromatic heterocycles. The summed E-state index contributed by atoms with van der Waals surface area (Å²) in [5, 5.41) is 8.13. The predicted molar refractivity (Wildman–Crippen MR) is 111 cm³/mol. The van der Waals surface area contributed by atoms with E-state index in [1.165, 1.54) is 16.7 Å². The Morgan fingerprint density at radius 2 is 2.00 bits per heavy atom. The molecule has 1 atom stereocenters. The van der Waals surface area contributed by atoms with Crippen molar-refractivity contribution in [2.75, 3.05) is 31.2 Å². The van der Waals surface area contributed by atoms with Gasteiger partial charge in [-0.05, 0) is 32.4 Å². The molecule has 0 bridgehead atoms. The van der Waals surface area contributed by atoms with Gasteiger partial charge >= 0.3 is 6.18 Å². The minimum Gasteiger partial charge on any atom is -0.477 e. The van der Waals surface area contributed by atoms with Crippen LogP contribution < -0.4 is 9.64 Å². The van der Waals surface area contributed by atoms with Gasteiger partial charge in [0.1, 0.15) is 17.2 Å². The molecule has 0 aliphatic carbocycles. The van der Waals surface area contributed by atoms with Crippen molar-refractivity contribution in [1.82, 2.24) is 24.6 Å². The average Bonchev–Trinajstić information content (AvgIpc) is 3.40. The van der Waals surface area contributed by atoms with Crippen LogP contribution in [0.15, 0.2) is 18.3 Å². The van der Waals surface area contributed by atoms with Crippen molar-refractivity contribution in [1.29, 1.82) is 0 Å². The molecular formula is C20H22ClF3N6O2. The topological polar surface area (TPSA) is 77.7 Å². The van der Waals surface area contributed by atoms with Gasteiger partial charge in [0.25, 0.3) is 0 Å². The van der Waals surface area contributed by atoms with E-state index in [2.05, 4.69) is 20.2 Å². The normalized spacial score (nSPS) is 16.8. The number of halogens is 4. The van der Waals surface area contributed by atoms with E-state index in [4.69, 9.17) is 21.1 Å². The molecule has 0 radical (unpaired) electrons. The maximum Gasteiger partial charge on any atom is 0.420 e. The maximum atomic E-state index is 13.5. The minimum absolute atomic E-state index is 0.0699. The Hall–Kier alpha value is -2.66. The number of ether oxygens (including phenoxy) is 2. The number of alkyl halides is 3. The maximum absolute atomic E-state index is 13.5.